The van der Waals surface area contributed by atoms with E-state index in [9.17, 15) is 13.6 Å². The van der Waals surface area contributed by atoms with E-state index in [-0.39, 0.29) is 30.5 Å². The van der Waals surface area contributed by atoms with Crippen LogP contribution in [0.3, 0.4) is 0 Å². The maximum absolute atomic E-state index is 12.9. The van der Waals surface area contributed by atoms with Crippen molar-refractivity contribution in [3.8, 4) is 0 Å². The van der Waals surface area contributed by atoms with Gasteiger partial charge >= 0.3 is 0 Å². The first-order valence-corrected chi connectivity index (χ1v) is 6.77. The van der Waals surface area contributed by atoms with Gasteiger partial charge in [-0.1, -0.05) is 0 Å². The maximum Gasteiger partial charge on any atom is 0.252 e. The lowest BCUT2D eigenvalue weighted by molar-refractivity contribution is -0.105. The smallest absolute Gasteiger partial charge is 0.252 e. The monoisotopic (exact) mass is 269 g/mol. The van der Waals surface area contributed by atoms with Crippen molar-refractivity contribution in [2.45, 2.75) is 50.2 Å². The second-order valence-corrected chi connectivity index (χ2v) is 5.48. The Labute approximate surface area is 110 Å². The summed E-state index contributed by atoms with van der Waals surface area (Å²) in [5.74, 6) is -2.61. The van der Waals surface area contributed by atoms with Gasteiger partial charge in [0.15, 0.2) is 0 Å². The standard InChI is InChI=1S/C14H17F2NO2/c15-14(16)7-11(8-14)17-9-10(4-5-13(17)18)12-3-1-2-6-19-12/h4-5,9,11-12H,1-3,6-8H2/t12-/m0/s1. The number of hydrogen-bond donors (Lipinski definition) is 0. The van der Waals surface area contributed by atoms with Gasteiger partial charge in [-0.2, -0.15) is 0 Å². The third-order valence-electron chi connectivity index (χ3n) is 3.97. The molecule has 0 unspecified atom stereocenters. The number of pyridine rings is 1. The second kappa shape index (κ2) is 4.71. The van der Waals surface area contributed by atoms with Crippen molar-refractivity contribution in [1.29, 1.82) is 0 Å². The summed E-state index contributed by atoms with van der Waals surface area (Å²) in [6.45, 7) is 0.727. The predicted molar refractivity (Wildman–Crippen MR) is 66.5 cm³/mol. The summed E-state index contributed by atoms with van der Waals surface area (Å²) in [6.07, 6.45) is 4.33. The molecule has 0 spiro atoms. The molecule has 3 rings (SSSR count). The van der Waals surface area contributed by atoms with E-state index < -0.39 is 5.92 Å². The van der Waals surface area contributed by atoms with Crippen LogP contribution >= 0.6 is 0 Å². The molecular formula is C14H17F2NO2. The summed E-state index contributed by atoms with van der Waals surface area (Å²) in [5.41, 5.74) is 0.717. The number of alkyl halides is 2. The Hall–Kier alpha value is -1.23. The average molecular weight is 269 g/mol. The molecule has 0 aromatic carbocycles. The van der Waals surface area contributed by atoms with Crippen LogP contribution in [0.1, 0.15) is 49.8 Å². The van der Waals surface area contributed by atoms with Crippen LogP contribution in [0.25, 0.3) is 0 Å². The minimum absolute atomic E-state index is 0.00110. The second-order valence-electron chi connectivity index (χ2n) is 5.48. The molecule has 1 saturated carbocycles. The van der Waals surface area contributed by atoms with E-state index >= 15 is 0 Å². The van der Waals surface area contributed by atoms with Gasteiger partial charge < -0.3 is 9.30 Å². The number of nitrogens with zero attached hydrogens (tertiary/aromatic N) is 1. The molecule has 1 aliphatic carbocycles. The first-order chi connectivity index (χ1) is 9.05. The van der Waals surface area contributed by atoms with Gasteiger partial charge in [-0.3, -0.25) is 4.79 Å². The highest BCUT2D eigenvalue weighted by atomic mass is 19.3. The van der Waals surface area contributed by atoms with Crippen LogP contribution in [0.2, 0.25) is 0 Å². The lowest BCUT2D eigenvalue weighted by Gasteiger charge is -2.36. The fourth-order valence-electron chi connectivity index (χ4n) is 2.83. The SMILES string of the molecule is O=c1ccc([C@@H]2CCCCO2)cn1C1CC(F)(F)C1. The van der Waals surface area contributed by atoms with Crippen molar-refractivity contribution in [2.75, 3.05) is 6.61 Å². The Morgan fingerprint density at radius 2 is 2.05 bits per heavy atom. The molecule has 0 amide bonds. The molecule has 2 fully saturated rings. The lowest BCUT2D eigenvalue weighted by Crippen LogP contribution is -2.41. The lowest BCUT2D eigenvalue weighted by atomic mass is 9.87. The Bertz CT molecular complexity index is 512. The highest BCUT2D eigenvalue weighted by Gasteiger charge is 2.46. The molecule has 2 heterocycles. The number of halogens is 2. The summed E-state index contributed by atoms with van der Waals surface area (Å²) < 4.78 is 33.0. The van der Waals surface area contributed by atoms with Gasteiger partial charge in [-0.25, -0.2) is 8.78 Å². The summed E-state index contributed by atoms with van der Waals surface area (Å²) in [6, 6.07) is 2.85. The molecule has 1 aromatic rings. The van der Waals surface area contributed by atoms with E-state index in [0.717, 1.165) is 31.4 Å². The molecule has 5 heteroatoms. The fraction of sp³-hybridized carbons (Fsp3) is 0.643. The largest absolute Gasteiger partial charge is 0.373 e. The maximum atomic E-state index is 12.9. The summed E-state index contributed by atoms with van der Waals surface area (Å²) in [7, 11) is 0. The summed E-state index contributed by atoms with van der Waals surface area (Å²) >= 11 is 0. The van der Waals surface area contributed by atoms with Gasteiger partial charge in [-0.15, -0.1) is 0 Å². The molecule has 2 aliphatic rings. The molecule has 19 heavy (non-hydrogen) atoms. The van der Waals surface area contributed by atoms with Crippen LogP contribution in [0, 0.1) is 0 Å². The number of hydrogen-bond acceptors (Lipinski definition) is 2. The third-order valence-corrected chi connectivity index (χ3v) is 3.97. The molecule has 0 radical (unpaired) electrons. The van der Waals surface area contributed by atoms with E-state index in [1.807, 2.05) is 0 Å². The zero-order valence-corrected chi connectivity index (χ0v) is 10.6. The van der Waals surface area contributed by atoms with E-state index in [1.54, 1.807) is 12.3 Å². The van der Waals surface area contributed by atoms with Gasteiger partial charge in [0.1, 0.15) is 0 Å². The molecule has 0 bridgehead atoms. The molecule has 104 valence electrons. The van der Waals surface area contributed by atoms with Crippen LogP contribution in [-0.2, 0) is 4.74 Å². The van der Waals surface area contributed by atoms with Crippen molar-refractivity contribution in [1.82, 2.24) is 4.57 Å². The van der Waals surface area contributed by atoms with Crippen LogP contribution in [0.15, 0.2) is 23.1 Å². The molecule has 3 nitrogen and oxygen atoms in total. The van der Waals surface area contributed by atoms with Crippen molar-refractivity contribution in [2.24, 2.45) is 0 Å². The van der Waals surface area contributed by atoms with Crippen molar-refractivity contribution >= 4 is 0 Å². The Morgan fingerprint density at radius 1 is 1.26 bits per heavy atom. The molecule has 1 aromatic heterocycles. The van der Waals surface area contributed by atoms with E-state index in [0.29, 0.717) is 0 Å². The van der Waals surface area contributed by atoms with Gasteiger partial charge in [-0.05, 0) is 30.9 Å². The Balaban J connectivity index is 1.82. The van der Waals surface area contributed by atoms with Crippen LogP contribution in [0.5, 0.6) is 0 Å². The Morgan fingerprint density at radius 3 is 2.68 bits per heavy atom. The van der Waals surface area contributed by atoms with Crippen LogP contribution < -0.4 is 5.56 Å². The van der Waals surface area contributed by atoms with Crippen LogP contribution in [0.4, 0.5) is 8.78 Å². The highest BCUT2D eigenvalue weighted by Crippen LogP contribution is 2.45. The molecule has 1 atom stereocenters. The number of aromatic nitrogens is 1. The van der Waals surface area contributed by atoms with Gasteiger partial charge in [0, 0.05) is 37.8 Å². The number of ether oxygens (including phenoxy) is 1. The minimum Gasteiger partial charge on any atom is -0.373 e. The number of rotatable bonds is 2. The zero-order chi connectivity index (χ0) is 13.5. The molecule has 1 saturated heterocycles. The minimum atomic E-state index is -2.61. The van der Waals surface area contributed by atoms with Gasteiger partial charge in [0.05, 0.1) is 6.10 Å². The first-order valence-electron chi connectivity index (χ1n) is 6.77. The van der Waals surface area contributed by atoms with E-state index in [2.05, 4.69) is 0 Å². The normalized spacial score (nSPS) is 26.9. The molecular weight excluding hydrogens is 252 g/mol. The van der Waals surface area contributed by atoms with Crippen LogP contribution in [-0.4, -0.2) is 17.1 Å². The summed E-state index contributed by atoms with van der Waals surface area (Å²) in [5, 5.41) is 0. The van der Waals surface area contributed by atoms with E-state index in [1.165, 1.54) is 10.6 Å². The van der Waals surface area contributed by atoms with Gasteiger partial charge in [0.25, 0.3) is 11.5 Å². The van der Waals surface area contributed by atoms with E-state index in [4.69, 9.17) is 4.74 Å². The first kappa shape index (κ1) is 12.8. The molecule has 0 N–H and O–H groups in total. The fourth-order valence-corrected chi connectivity index (χ4v) is 2.83. The van der Waals surface area contributed by atoms with Crippen molar-refractivity contribution in [3.63, 3.8) is 0 Å². The topological polar surface area (TPSA) is 31.2 Å². The van der Waals surface area contributed by atoms with Crippen molar-refractivity contribution < 1.29 is 13.5 Å². The zero-order valence-electron chi connectivity index (χ0n) is 10.6. The quantitative estimate of drug-likeness (QED) is 0.826. The summed E-state index contributed by atoms with van der Waals surface area (Å²) in [4.78, 5) is 11.8. The van der Waals surface area contributed by atoms with Crippen molar-refractivity contribution in [3.05, 3.63) is 34.2 Å². The highest BCUT2D eigenvalue weighted by molar-refractivity contribution is 5.15. The molecule has 1 aliphatic heterocycles. The average Bonchev–Trinajstić information content (AvgIpc) is 2.37. The third kappa shape index (κ3) is 2.56. The predicted octanol–water partition coefficient (Wildman–Crippen LogP) is 3.06. The van der Waals surface area contributed by atoms with Gasteiger partial charge in [0.2, 0.25) is 0 Å². The Kier molecular flexibility index (Phi) is 3.17.